The fourth-order valence-electron chi connectivity index (χ4n) is 2.31. The molecule has 0 aliphatic heterocycles. The molecule has 124 valence electrons. The lowest BCUT2D eigenvalue weighted by Gasteiger charge is -2.12. The minimum atomic E-state index is -4.08. The van der Waals surface area contributed by atoms with Crippen molar-refractivity contribution in [1.29, 1.82) is 0 Å². The molecule has 7 nitrogen and oxygen atoms in total. The molecule has 0 radical (unpaired) electrons. The Bertz CT molecular complexity index is 981. The van der Waals surface area contributed by atoms with Gasteiger partial charge in [-0.25, -0.2) is 18.1 Å². The van der Waals surface area contributed by atoms with Crippen molar-refractivity contribution >= 4 is 26.7 Å². The minimum absolute atomic E-state index is 0.0154. The summed E-state index contributed by atoms with van der Waals surface area (Å²) in [7, 11) is -4.08. The molecule has 0 saturated carbocycles. The maximum atomic E-state index is 12.6. The van der Waals surface area contributed by atoms with Crippen LogP contribution in [0.15, 0.2) is 58.4 Å². The van der Waals surface area contributed by atoms with Crippen LogP contribution < -0.4 is 9.46 Å². The fraction of sp³-hybridized carbons (Fsp3) is 0.125. The third kappa shape index (κ3) is 2.95. The summed E-state index contributed by atoms with van der Waals surface area (Å²) >= 11 is 0. The molecule has 1 aromatic heterocycles. The van der Waals surface area contributed by atoms with Gasteiger partial charge in [0.1, 0.15) is 12.0 Å². The van der Waals surface area contributed by atoms with Gasteiger partial charge in [0.05, 0.1) is 11.5 Å². The van der Waals surface area contributed by atoms with E-state index in [0.717, 1.165) is 12.7 Å². The number of nitrogens with one attached hydrogen (secondary N) is 1. The molecule has 24 heavy (non-hydrogen) atoms. The Labute approximate surface area is 138 Å². The smallest absolute Gasteiger partial charge is 0.286 e. The van der Waals surface area contributed by atoms with Gasteiger partial charge in [0.2, 0.25) is 0 Å². The Morgan fingerprint density at radius 2 is 1.96 bits per heavy atom. The molecule has 3 rings (SSSR count). The largest absolute Gasteiger partial charge is 0.493 e. The summed E-state index contributed by atoms with van der Waals surface area (Å²) in [4.78, 5) is 15.6. The van der Waals surface area contributed by atoms with E-state index in [9.17, 15) is 13.2 Å². The van der Waals surface area contributed by atoms with Crippen molar-refractivity contribution in [3.05, 3.63) is 54.7 Å². The van der Waals surface area contributed by atoms with Crippen LogP contribution in [0, 0.1) is 0 Å². The van der Waals surface area contributed by atoms with Gasteiger partial charge in [-0.1, -0.05) is 24.3 Å². The molecule has 1 amide bonds. The molecule has 0 aliphatic carbocycles. The Morgan fingerprint density at radius 3 is 2.62 bits per heavy atom. The number of carbonyl (C=O) groups excluding carboxylic acids is 1. The van der Waals surface area contributed by atoms with Crippen molar-refractivity contribution in [3.63, 3.8) is 0 Å². The average molecular weight is 346 g/mol. The van der Waals surface area contributed by atoms with Crippen LogP contribution in [-0.2, 0) is 10.0 Å². The first-order valence-corrected chi connectivity index (χ1v) is 8.61. The topological polar surface area (TPSA) is 98.5 Å². The first-order valence-electron chi connectivity index (χ1n) is 7.13. The first kappa shape index (κ1) is 16.0. The number of hydrogen-bond donors (Lipinski definition) is 1. The van der Waals surface area contributed by atoms with Crippen molar-refractivity contribution in [2.45, 2.75) is 11.8 Å². The lowest BCUT2D eigenvalue weighted by atomic mass is 10.1. The van der Waals surface area contributed by atoms with Crippen molar-refractivity contribution in [2.75, 3.05) is 6.61 Å². The van der Waals surface area contributed by atoms with Gasteiger partial charge in [0.15, 0.2) is 12.1 Å². The molecule has 8 heteroatoms. The third-order valence-electron chi connectivity index (χ3n) is 3.33. The molecule has 0 unspecified atom stereocenters. The van der Waals surface area contributed by atoms with E-state index in [1.165, 1.54) is 6.07 Å². The fourth-order valence-corrected chi connectivity index (χ4v) is 3.49. The second kappa shape index (κ2) is 6.32. The SMILES string of the molecule is CCOc1ccc(S(=O)(=O)NC(=O)c2cocn2)c2ccccc12. The first-order chi connectivity index (χ1) is 11.5. The van der Waals surface area contributed by atoms with Crippen molar-refractivity contribution in [1.82, 2.24) is 9.71 Å². The number of amides is 1. The third-order valence-corrected chi connectivity index (χ3v) is 4.71. The standard InChI is InChI=1S/C16H14N2O5S/c1-2-23-14-7-8-15(12-6-4-3-5-11(12)14)24(20,21)18-16(19)13-9-22-10-17-13/h3-10H,2H2,1H3,(H,18,19). The van der Waals surface area contributed by atoms with E-state index in [4.69, 9.17) is 4.74 Å². The Balaban J connectivity index is 2.05. The normalized spacial score (nSPS) is 11.4. The zero-order valence-corrected chi connectivity index (χ0v) is 13.5. The van der Waals surface area contributed by atoms with Crippen molar-refractivity contribution in [3.8, 4) is 5.75 Å². The van der Waals surface area contributed by atoms with Crippen LogP contribution in [0.2, 0.25) is 0 Å². The molecule has 1 N–H and O–H groups in total. The Morgan fingerprint density at radius 1 is 1.21 bits per heavy atom. The molecule has 0 spiro atoms. The summed E-state index contributed by atoms with van der Waals surface area (Å²) in [5, 5.41) is 1.11. The zero-order valence-electron chi connectivity index (χ0n) is 12.7. The number of nitrogens with zero attached hydrogens (tertiary/aromatic N) is 1. The van der Waals surface area contributed by atoms with E-state index in [1.54, 1.807) is 30.3 Å². The van der Waals surface area contributed by atoms with Crippen LogP contribution >= 0.6 is 0 Å². The highest BCUT2D eigenvalue weighted by atomic mass is 32.2. The highest BCUT2D eigenvalue weighted by molar-refractivity contribution is 7.90. The summed E-state index contributed by atoms with van der Waals surface area (Å²) in [6.45, 7) is 2.30. The average Bonchev–Trinajstić information content (AvgIpc) is 3.09. The summed E-state index contributed by atoms with van der Waals surface area (Å²) in [6.07, 6.45) is 2.12. The number of oxazole rings is 1. The number of benzene rings is 2. The van der Waals surface area contributed by atoms with E-state index in [0.29, 0.717) is 23.1 Å². The van der Waals surface area contributed by atoms with E-state index >= 15 is 0 Å². The van der Waals surface area contributed by atoms with Gasteiger partial charge in [-0.05, 0) is 19.1 Å². The van der Waals surface area contributed by atoms with Crippen LogP contribution in [0.5, 0.6) is 5.75 Å². The van der Waals surface area contributed by atoms with Gasteiger partial charge < -0.3 is 9.15 Å². The predicted molar refractivity (Wildman–Crippen MR) is 86.3 cm³/mol. The van der Waals surface area contributed by atoms with E-state index in [-0.39, 0.29) is 10.6 Å². The number of fused-ring (bicyclic) bond motifs is 1. The quantitative estimate of drug-likeness (QED) is 0.761. The lowest BCUT2D eigenvalue weighted by Crippen LogP contribution is -2.30. The monoisotopic (exact) mass is 346 g/mol. The Kier molecular flexibility index (Phi) is 4.22. The second-order valence-electron chi connectivity index (χ2n) is 4.85. The molecule has 0 bridgehead atoms. The number of sulfonamides is 1. The van der Waals surface area contributed by atoms with E-state index in [1.807, 2.05) is 11.6 Å². The molecule has 1 heterocycles. The minimum Gasteiger partial charge on any atom is -0.493 e. The number of hydrogen-bond acceptors (Lipinski definition) is 6. The van der Waals surface area contributed by atoms with Gasteiger partial charge in [-0.15, -0.1) is 0 Å². The van der Waals surface area contributed by atoms with Crippen LogP contribution in [0.1, 0.15) is 17.4 Å². The zero-order chi connectivity index (χ0) is 17.2. The van der Waals surface area contributed by atoms with Crippen LogP contribution in [0.3, 0.4) is 0 Å². The van der Waals surface area contributed by atoms with Crippen molar-refractivity contribution in [2.24, 2.45) is 0 Å². The van der Waals surface area contributed by atoms with Gasteiger partial charge in [0.25, 0.3) is 15.9 Å². The molecule has 0 atom stereocenters. The predicted octanol–water partition coefficient (Wildman–Crippen LogP) is 2.35. The molecular formula is C16H14N2O5S. The van der Waals surface area contributed by atoms with Crippen LogP contribution in [0.4, 0.5) is 0 Å². The number of carbonyl (C=O) groups is 1. The van der Waals surface area contributed by atoms with Gasteiger partial charge in [-0.2, -0.15) is 0 Å². The lowest BCUT2D eigenvalue weighted by molar-refractivity contribution is 0.0976. The van der Waals surface area contributed by atoms with Gasteiger partial charge in [0, 0.05) is 10.8 Å². The van der Waals surface area contributed by atoms with Gasteiger partial charge >= 0.3 is 0 Å². The summed E-state index contributed by atoms with van der Waals surface area (Å²) in [6, 6.07) is 9.91. The maximum Gasteiger partial charge on any atom is 0.286 e. The van der Waals surface area contributed by atoms with Crippen LogP contribution in [0.25, 0.3) is 10.8 Å². The molecular weight excluding hydrogens is 332 g/mol. The summed E-state index contributed by atoms with van der Waals surface area (Å²) in [5.74, 6) is -0.281. The second-order valence-corrected chi connectivity index (χ2v) is 6.50. The number of aromatic nitrogens is 1. The van der Waals surface area contributed by atoms with E-state index < -0.39 is 15.9 Å². The number of ether oxygens (including phenoxy) is 1. The summed E-state index contributed by atoms with van der Waals surface area (Å²) in [5.41, 5.74) is -0.117. The maximum absolute atomic E-state index is 12.6. The molecule has 0 aliphatic rings. The Hall–Kier alpha value is -2.87. The summed E-state index contributed by atoms with van der Waals surface area (Å²) < 4.78 is 37.4. The molecule has 2 aromatic carbocycles. The molecule has 3 aromatic rings. The molecule has 0 saturated heterocycles. The van der Waals surface area contributed by atoms with Crippen LogP contribution in [-0.4, -0.2) is 25.9 Å². The van der Waals surface area contributed by atoms with E-state index in [2.05, 4.69) is 9.40 Å². The highest BCUT2D eigenvalue weighted by Crippen LogP contribution is 2.31. The van der Waals surface area contributed by atoms with Gasteiger partial charge in [-0.3, -0.25) is 4.79 Å². The number of rotatable bonds is 5. The molecule has 0 fully saturated rings. The highest BCUT2D eigenvalue weighted by Gasteiger charge is 2.23. The van der Waals surface area contributed by atoms with Crippen molar-refractivity contribution < 1.29 is 22.4 Å².